The first-order valence-electron chi connectivity index (χ1n) is 6.46. The van der Waals surface area contributed by atoms with Crippen molar-refractivity contribution in [2.75, 3.05) is 25.0 Å². The molecule has 0 aliphatic carbocycles. The highest BCUT2D eigenvalue weighted by molar-refractivity contribution is 5.59. The number of halogens is 1. The summed E-state index contributed by atoms with van der Waals surface area (Å²) in [6.45, 7) is 4.14. The molecule has 0 spiro atoms. The van der Waals surface area contributed by atoms with Crippen molar-refractivity contribution in [2.45, 2.75) is 32.2 Å². The fourth-order valence-corrected chi connectivity index (χ4v) is 2.76. The van der Waals surface area contributed by atoms with Crippen molar-refractivity contribution in [3.05, 3.63) is 29.6 Å². The zero-order chi connectivity index (χ0) is 12.3. The lowest BCUT2D eigenvalue weighted by molar-refractivity contribution is 0.541. The van der Waals surface area contributed by atoms with Crippen LogP contribution >= 0.6 is 0 Å². The Balaban J connectivity index is 2.11. The molecule has 2 rings (SSSR count). The maximum Gasteiger partial charge on any atom is 0.128 e. The van der Waals surface area contributed by atoms with Gasteiger partial charge in [-0.2, -0.15) is 0 Å². The highest BCUT2D eigenvalue weighted by Crippen LogP contribution is 2.35. The minimum Gasteiger partial charge on any atom is -0.368 e. The average Bonchev–Trinajstić information content (AvgIpc) is 2.69. The van der Waals surface area contributed by atoms with Crippen LogP contribution in [0.3, 0.4) is 0 Å². The summed E-state index contributed by atoms with van der Waals surface area (Å²) in [5.41, 5.74) is 2.01. The molecular formula is C14H21FN2. The van der Waals surface area contributed by atoms with Crippen LogP contribution in [0.2, 0.25) is 0 Å². The van der Waals surface area contributed by atoms with Crippen LogP contribution in [0, 0.1) is 5.82 Å². The molecule has 0 saturated heterocycles. The lowest BCUT2D eigenvalue weighted by Crippen LogP contribution is -2.32. The van der Waals surface area contributed by atoms with Crippen LogP contribution in [0.5, 0.6) is 0 Å². The normalized spacial score (nSPS) is 18.5. The molecule has 2 nitrogen and oxygen atoms in total. The number of hydrogen-bond acceptors (Lipinski definition) is 2. The van der Waals surface area contributed by atoms with Crippen LogP contribution in [0.25, 0.3) is 0 Å². The van der Waals surface area contributed by atoms with Crippen molar-refractivity contribution in [2.24, 2.45) is 0 Å². The third-order valence-electron chi connectivity index (χ3n) is 3.59. The van der Waals surface area contributed by atoms with Gasteiger partial charge in [-0.15, -0.1) is 0 Å². The molecule has 1 unspecified atom stereocenters. The van der Waals surface area contributed by atoms with Gasteiger partial charge in [0.1, 0.15) is 5.82 Å². The van der Waals surface area contributed by atoms with Crippen LogP contribution in [0.15, 0.2) is 18.2 Å². The summed E-state index contributed by atoms with van der Waals surface area (Å²) in [4.78, 5) is 2.34. The fourth-order valence-electron chi connectivity index (χ4n) is 2.76. The standard InChI is InChI=1S/C14H21FN2/c1-3-17-11(6-5-9-16-2)10-12-13(15)7-4-8-14(12)17/h4,7-8,11,16H,3,5-6,9-10H2,1-2H3. The minimum absolute atomic E-state index is 0.0444. The van der Waals surface area contributed by atoms with Gasteiger partial charge in [0.05, 0.1) is 0 Å². The molecule has 1 N–H and O–H groups in total. The maximum atomic E-state index is 13.7. The van der Waals surface area contributed by atoms with Gasteiger partial charge in [0, 0.05) is 23.8 Å². The van der Waals surface area contributed by atoms with Crippen molar-refractivity contribution in [1.82, 2.24) is 5.32 Å². The first kappa shape index (κ1) is 12.4. The van der Waals surface area contributed by atoms with Gasteiger partial charge >= 0.3 is 0 Å². The number of nitrogens with one attached hydrogen (secondary N) is 1. The molecule has 1 atom stereocenters. The number of likely N-dealkylation sites (N-methyl/N-ethyl adjacent to an activating group) is 1. The van der Waals surface area contributed by atoms with Crippen LogP contribution in [0.4, 0.5) is 10.1 Å². The predicted molar refractivity (Wildman–Crippen MR) is 70.1 cm³/mol. The summed E-state index contributed by atoms with van der Waals surface area (Å²) in [6.07, 6.45) is 3.13. The molecule has 1 heterocycles. The topological polar surface area (TPSA) is 15.3 Å². The minimum atomic E-state index is -0.0444. The Morgan fingerprint density at radius 1 is 1.47 bits per heavy atom. The van der Waals surface area contributed by atoms with Crippen molar-refractivity contribution >= 4 is 5.69 Å². The molecule has 0 amide bonds. The zero-order valence-corrected chi connectivity index (χ0v) is 10.7. The Hall–Kier alpha value is -1.09. The quantitative estimate of drug-likeness (QED) is 0.790. The van der Waals surface area contributed by atoms with Gasteiger partial charge < -0.3 is 10.2 Å². The van der Waals surface area contributed by atoms with Gasteiger partial charge in [-0.1, -0.05) is 6.07 Å². The van der Waals surface area contributed by atoms with E-state index in [1.807, 2.05) is 19.2 Å². The molecule has 1 aromatic rings. The van der Waals surface area contributed by atoms with E-state index in [0.29, 0.717) is 6.04 Å². The second kappa shape index (κ2) is 5.50. The molecule has 1 aliphatic heterocycles. The number of fused-ring (bicyclic) bond motifs is 1. The smallest absolute Gasteiger partial charge is 0.128 e. The lowest BCUT2D eigenvalue weighted by atomic mass is 10.1. The van der Waals surface area contributed by atoms with Gasteiger partial charge in [0.15, 0.2) is 0 Å². The number of hydrogen-bond donors (Lipinski definition) is 1. The van der Waals surface area contributed by atoms with E-state index in [4.69, 9.17) is 0 Å². The highest BCUT2D eigenvalue weighted by Gasteiger charge is 2.29. The van der Waals surface area contributed by atoms with E-state index in [2.05, 4.69) is 17.1 Å². The molecular weight excluding hydrogens is 215 g/mol. The monoisotopic (exact) mass is 236 g/mol. The van der Waals surface area contributed by atoms with Gasteiger partial charge in [-0.25, -0.2) is 4.39 Å². The largest absolute Gasteiger partial charge is 0.368 e. The Morgan fingerprint density at radius 3 is 3.00 bits per heavy atom. The summed E-state index contributed by atoms with van der Waals surface area (Å²) in [6, 6.07) is 5.90. The van der Waals surface area contributed by atoms with Gasteiger partial charge in [0.2, 0.25) is 0 Å². The Kier molecular flexibility index (Phi) is 4.00. The molecule has 17 heavy (non-hydrogen) atoms. The lowest BCUT2D eigenvalue weighted by Gasteiger charge is -2.26. The van der Waals surface area contributed by atoms with Crippen LogP contribution < -0.4 is 10.2 Å². The average molecular weight is 236 g/mol. The van der Waals surface area contributed by atoms with Crippen molar-refractivity contribution in [3.8, 4) is 0 Å². The van der Waals surface area contributed by atoms with Crippen molar-refractivity contribution in [3.63, 3.8) is 0 Å². The molecule has 0 aromatic heterocycles. The fraction of sp³-hybridized carbons (Fsp3) is 0.571. The molecule has 0 bridgehead atoms. The Morgan fingerprint density at radius 2 is 2.29 bits per heavy atom. The molecule has 1 aromatic carbocycles. The van der Waals surface area contributed by atoms with E-state index >= 15 is 0 Å². The first-order chi connectivity index (χ1) is 8.27. The molecule has 1 aliphatic rings. The van der Waals surface area contributed by atoms with E-state index in [-0.39, 0.29) is 5.82 Å². The number of benzene rings is 1. The molecule has 0 fully saturated rings. The second-order valence-corrected chi connectivity index (χ2v) is 4.63. The molecule has 0 radical (unpaired) electrons. The van der Waals surface area contributed by atoms with Crippen molar-refractivity contribution < 1.29 is 4.39 Å². The molecule has 0 saturated carbocycles. The number of rotatable bonds is 5. The third-order valence-corrected chi connectivity index (χ3v) is 3.59. The highest BCUT2D eigenvalue weighted by atomic mass is 19.1. The third kappa shape index (κ3) is 2.44. The zero-order valence-electron chi connectivity index (χ0n) is 10.7. The number of nitrogens with zero attached hydrogens (tertiary/aromatic N) is 1. The van der Waals surface area contributed by atoms with E-state index in [9.17, 15) is 4.39 Å². The SMILES string of the molecule is CCN1c2cccc(F)c2CC1CCCNC. The predicted octanol–water partition coefficient (Wildman–Crippen LogP) is 2.58. The molecule has 3 heteroatoms. The summed E-state index contributed by atoms with van der Waals surface area (Å²) >= 11 is 0. The van der Waals surface area contributed by atoms with Gasteiger partial charge in [0.25, 0.3) is 0 Å². The van der Waals surface area contributed by atoms with Gasteiger partial charge in [-0.05, 0) is 51.9 Å². The van der Waals surface area contributed by atoms with Crippen LogP contribution in [-0.4, -0.2) is 26.2 Å². The van der Waals surface area contributed by atoms with E-state index in [1.165, 1.54) is 0 Å². The summed E-state index contributed by atoms with van der Waals surface area (Å²) in [5.74, 6) is -0.0444. The van der Waals surface area contributed by atoms with Crippen LogP contribution in [-0.2, 0) is 6.42 Å². The van der Waals surface area contributed by atoms with Crippen molar-refractivity contribution in [1.29, 1.82) is 0 Å². The van der Waals surface area contributed by atoms with Crippen LogP contribution in [0.1, 0.15) is 25.3 Å². The Labute approximate surface area is 103 Å². The Bertz CT molecular complexity index is 378. The first-order valence-corrected chi connectivity index (χ1v) is 6.46. The van der Waals surface area contributed by atoms with E-state index in [0.717, 1.165) is 43.6 Å². The maximum absolute atomic E-state index is 13.7. The second-order valence-electron chi connectivity index (χ2n) is 4.63. The summed E-state index contributed by atoms with van der Waals surface area (Å²) < 4.78 is 13.7. The van der Waals surface area contributed by atoms with E-state index < -0.39 is 0 Å². The summed E-state index contributed by atoms with van der Waals surface area (Å²) in [5, 5.41) is 3.16. The summed E-state index contributed by atoms with van der Waals surface area (Å²) in [7, 11) is 1.97. The van der Waals surface area contributed by atoms with Gasteiger partial charge in [-0.3, -0.25) is 0 Å². The molecule has 94 valence electrons. The van der Waals surface area contributed by atoms with E-state index in [1.54, 1.807) is 6.07 Å². The number of anilines is 1.